The van der Waals surface area contributed by atoms with Crippen LogP contribution in [0.1, 0.15) is 12.8 Å². The fourth-order valence-corrected chi connectivity index (χ4v) is 2.02. The third-order valence-corrected chi connectivity index (χ3v) is 3.28. The van der Waals surface area contributed by atoms with Crippen molar-refractivity contribution in [3.63, 3.8) is 0 Å². The first-order chi connectivity index (χ1) is 8.84. The van der Waals surface area contributed by atoms with Crippen LogP contribution in [0.3, 0.4) is 0 Å². The first kappa shape index (κ1) is 11.5. The molecule has 1 saturated carbocycles. The van der Waals surface area contributed by atoms with Crippen LogP contribution in [0.2, 0.25) is 5.02 Å². The van der Waals surface area contributed by atoms with Gasteiger partial charge in [-0.2, -0.15) is 0 Å². The molecule has 0 unspecified atom stereocenters. The molecule has 3 rings (SSSR count). The number of hydrogen-bond donors (Lipinski definition) is 0. The normalized spacial score (nSPS) is 14.5. The third-order valence-electron chi connectivity index (χ3n) is 2.99. The third kappa shape index (κ3) is 2.46. The molecule has 18 heavy (non-hydrogen) atoms. The summed E-state index contributed by atoms with van der Waals surface area (Å²) in [6.45, 7) is 0.738. The Morgan fingerprint density at radius 2 is 2.17 bits per heavy atom. The standard InChI is InChI=1S/C14H13ClN2O/c15-12-3-1-2-11(13-6-7-16-9-17-13)14(12)18-8-10-4-5-10/h1-3,6-7,9-10H,4-5,8H2. The molecule has 0 aliphatic heterocycles. The Bertz CT molecular complexity index is 541. The van der Waals surface area contributed by atoms with Crippen molar-refractivity contribution < 1.29 is 4.74 Å². The smallest absolute Gasteiger partial charge is 0.147 e. The molecule has 1 aromatic carbocycles. The highest BCUT2D eigenvalue weighted by Gasteiger charge is 2.23. The molecular weight excluding hydrogens is 248 g/mol. The van der Waals surface area contributed by atoms with Gasteiger partial charge in [-0.05, 0) is 37.0 Å². The maximum atomic E-state index is 6.21. The number of rotatable bonds is 4. The molecule has 3 nitrogen and oxygen atoms in total. The van der Waals surface area contributed by atoms with Crippen molar-refractivity contribution in [2.24, 2.45) is 5.92 Å². The average Bonchev–Trinajstić information content (AvgIpc) is 3.22. The van der Waals surface area contributed by atoms with E-state index in [1.807, 2.05) is 24.3 Å². The Morgan fingerprint density at radius 3 is 2.89 bits per heavy atom. The monoisotopic (exact) mass is 260 g/mol. The van der Waals surface area contributed by atoms with Crippen LogP contribution < -0.4 is 4.74 Å². The van der Waals surface area contributed by atoms with Crippen molar-refractivity contribution in [2.45, 2.75) is 12.8 Å². The fourth-order valence-electron chi connectivity index (χ4n) is 1.79. The van der Waals surface area contributed by atoms with Gasteiger partial charge in [0.05, 0.1) is 17.3 Å². The Kier molecular flexibility index (Phi) is 3.15. The molecule has 0 amide bonds. The lowest BCUT2D eigenvalue weighted by Crippen LogP contribution is -2.01. The quantitative estimate of drug-likeness (QED) is 0.843. The second-order valence-corrected chi connectivity index (χ2v) is 4.87. The molecule has 0 N–H and O–H groups in total. The van der Waals surface area contributed by atoms with Crippen molar-refractivity contribution >= 4 is 11.6 Å². The summed E-state index contributed by atoms with van der Waals surface area (Å²) < 4.78 is 5.85. The summed E-state index contributed by atoms with van der Waals surface area (Å²) in [4.78, 5) is 8.17. The molecule has 0 bridgehead atoms. The molecule has 92 valence electrons. The van der Waals surface area contributed by atoms with E-state index in [1.54, 1.807) is 6.20 Å². The minimum absolute atomic E-state index is 0.631. The van der Waals surface area contributed by atoms with E-state index in [4.69, 9.17) is 16.3 Å². The van der Waals surface area contributed by atoms with Gasteiger partial charge in [0.2, 0.25) is 0 Å². The zero-order chi connectivity index (χ0) is 12.4. The van der Waals surface area contributed by atoms with Crippen LogP contribution >= 0.6 is 11.6 Å². The highest BCUT2D eigenvalue weighted by molar-refractivity contribution is 6.32. The van der Waals surface area contributed by atoms with E-state index in [0.29, 0.717) is 10.9 Å². The van der Waals surface area contributed by atoms with Crippen molar-refractivity contribution in [3.05, 3.63) is 41.8 Å². The summed E-state index contributed by atoms with van der Waals surface area (Å²) in [5.41, 5.74) is 1.75. The van der Waals surface area contributed by atoms with Gasteiger partial charge in [-0.3, -0.25) is 0 Å². The molecule has 1 heterocycles. The second kappa shape index (κ2) is 4.94. The second-order valence-electron chi connectivity index (χ2n) is 4.47. The Hall–Kier alpha value is -1.61. The number of halogens is 1. The van der Waals surface area contributed by atoms with Crippen molar-refractivity contribution in [2.75, 3.05) is 6.61 Å². The van der Waals surface area contributed by atoms with E-state index in [2.05, 4.69) is 9.97 Å². The maximum absolute atomic E-state index is 6.21. The molecule has 1 aliphatic carbocycles. The molecule has 1 aromatic heterocycles. The number of nitrogens with zero attached hydrogens (tertiary/aromatic N) is 2. The van der Waals surface area contributed by atoms with Gasteiger partial charge in [0.15, 0.2) is 0 Å². The Morgan fingerprint density at radius 1 is 1.28 bits per heavy atom. The SMILES string of the molecule is Clc1cccc(-c2ccncn2)c1OCC1CC1. The van der Waals surface area contributed by atoms with Gasteiger partial charge in [0.25, 0.3) is 0 Å². The van der Waals surface area contributed by atoms with Gasteiger partial charge in [-0.15, -0.1) is 0 Å². The van der Waals surface area contributed by atoms with E-state index in [-0.39, 0.29) is 0 Å². The van der Waals surface area contributed by atoms with Crippen LogP contribution in [-0.2, 0) is 0 Å². The summed E-state index contributed by atoms with van der Waals surface area (Å²) in [7, 11) is 0. The highest BCUT2D eigenvalue weighted by atomic mass is 35.5. The van der Waals surface area contributed by atoms with Crippen molar-refractivity contribution in [1.29, 1.82) is 0 Å². The van der Waals surface area contributed by atoms with Gasteiger partial charge in [0.1, 0.15) is 12.1 Å². The number of ether oxygens (including phenoxy) is 1. The van der Waals surface area contributed by atoms with Crippen LogP contribution in [0.4, 0.5) is 0 Å². The van der Waals surface area contributed by atoms with Gasteiger partial charge in [-0.1, -0.05) is 17.7 Å². The average molecular weight is 261 g/mol. The van der Waals surface area contributed by atoms with Crippen LogP contribution in [0, 0.1) is 5.92 Å². The summed E-state index contributed by atoms with van der Waals surface area (Å²) in [5, 5.41) is 0.631. The molecule has 1 aliphatic rings. The van der Waals surface area contributed by atoms with Crippen molar-refractivity contribution in [1.82, 2.24) is 9.97 Å². The lowest BCUT2D eigenvalue weighted by atomic mass is 10.1. The molecule has 0 radical (unpaired) electrons. The number of benzene rings is 1. The zero-order valence-electron chi connectivity index (χ0n) is 9.84. The summed E-state index contributed by atoms with van der Waals surface area (Å²) in [6, 6.07) is 7.57. The predicted octanol–water partition coefficient (Wildman–Crippen LogP) is 3.59. The Labute approximate surface area is 111 Å². The Balaban J connectivity index is 1.94. The fraction of sp³-hybridized carbons (Fsp3) is 0.286. The zero-order valence-corrected chi connectivity index (χ0v) is 10.6. The van der Waals surface area contributed by atoms with Crippen LogP contribution in [0.15, 0.2) is 36.8 Å². The van der Waals surface area contributed by atoms with Gasteiger partial charge in [-0.25, -0.2) is 9.97 Å². The molecule has 2 aromatic rings. The van der Waals surface area contributed by atoms with Gasteiger partial charge < -0.3 is 4.74 Å². The minimum Gasteiger partial charge on any atom is -0.491 e. The summed E-state index contributed by atoms with van der Waals surface area (Å²) >= 11 is 6.21. The van der Waals surface area contributed by atoms with E-state index >= 15 is 0 Å². The molecule has 1 fully saturated rings. The summed E-state index contributed by atoms with van der Waals surface area (Å²) in [6.07, 6.45) is 5.76. The van der Waals surface area contributed by atoms with E-state index in [1.165, 1.54) is 19.2 Å². The number of hydrogen-bond acceptors (Lipinski definition) is 3. The van der Waals surface area contributed by atoms with E-state index < -0.39 is 0 Å². The van der Waals surface area contributed by atoms with E-state index in [0.717, 1.165) is 23.6 Å². The first-order valence-electron chi connectivity index (χ1n) is 6.02. The predicted molar refractivity (Wildman–Crippen MR) is 70.7 cm³/mol. The highest BCUT2D eigenvalue weighted by Crippen LogP contribution is 2.37. The lowest BCUT2D eigenvalue weighted by Gasteiger charge is -2.12. The van der Waals surface area contributed by atoms with Gasteiger partial charge >= 0.3 is 0 Å². The first-order valence-corrected chi connectivity index (χ1v) is 6.40. The van der Waals surface area contributed by atoms with Gasteiger partial charge in [0, 0.05) is 11.8 Å². The molecule has 0 spiro atoms. The van der Waals surface area contributed by atoms with Crippen LogP contribution in [0.5, 0.6) is 5.75 Å². The number of para-hydroxylation sites is 1. The lowest BCUT2D eigenvalue weighted by molar-refractivity contribution is 0.301. The van der Waals surface area contributed by atoms with E-state index in [9.17, 15) is 0 Å². The molecule has 4 heteroatoms. The maximum Gasteiger partial charge on any atom is 0.147 e. The van der Waals surface area contributed by atoms with Crippen LogP contribution in [-0.4, -0.2) is 16.6 Å². The van der Waals surface area contributed by atoms with Crippen molar-refractivity contribution in [3.8, 4) is 17.0 Å². The largest absolute Gasteiger partial charge is 0.491 e. The number of aromatic nitrogens is 2. The summed E-state index contributed by atoms with van der Waals surface area (Å²) in [5.74, 6) is 1.42. The minimum atomic E-state index is 0.631. The topological polar surface area (TPSA) is 35.0 Å². The molecular formula is C14H13ClN2O. The van der Waals surface area contributed by atoms with Crippen LogP contribution in [0.25, 0.3) is 11.3 Å². The molecule has 0 saturated heterocycles. The molecule has 0 atom stereocenters.